The fourth-order valence-corrected chi connectivity index (χ4v) is 4.45. The predicted octanol–water partition coefficient (Wildman–Crippen LogP) is 1.85. The minimum Gasteiger partial charge on any atom is -0.495 e. The number of aromatic nitrogens is 5. The first-order chi connectivity index (χ1) is 14.2. The average Bonchev–Trinajstić information content (AvgIpc) is 3.34. The van der Waals surface area contributed by atoms with Crippen molar-refractivity contribution in [2.75, 3.05) is 12.4 Å². The SMILES string of the molecule is COc1cccc2c1NC(N)n1nc(C3CC(c4ncc5c(n4)CNC5)C3)nc1-2. The monoisotopic (exact) mass is 390 g/mol. The number of methoxy groups -OCH3 is 1. The van der Waals surface area contributed by atoms with Gasteiger partial charge >= 0.3 is 0 Å². The fraction of sp³-hybridized carbons (Fsp3) is 0.400. The Bertz CT molecular complexity index is 1100. The zero-order valence-corrected chi connectivity index (χ0v) is 16.1. The predicted molar refractivity (Wildman–Crippen MR) is 106 cm³/mol. The molecule has 0 saturated heterocycles. The maximum Gasteiger partial charge on any atom is 0.175 e. The van der Waals surface area contributed by atoms with Crippen molar-refractivity contribution in [2.24, 2.45) is 5.73 Å². The lowest BCUT2D eigenvalue weighted by Crippen LogP contribution is -2.32. The van der Waals surface area contributed by atoms with Crippen LogP contribution in [0.3, 0.4) is 0 Å². The second-order valence-corrected chi connectivity index (χ2v) is 7.88. The van der Waals surface area contributed by atoms with Gasteiger partial charge in [-0.3, -0.25) is 5.73 Å². The van der Waals surface area contributed by atoms with Gasteiger partial charge in [-0.05, 0) is 25.0 Å². The van der Waals surface area contributed by atoms with E-state index in [2.05, 4.69) is 15.6 Å². The molecule has 1 atom stereocenters. The lowest BCUT2D eigenvalue weighted by atomic mass is 9.74. The van der Waals surface area contributed by atoms with Crippen molar-refractivity contribution in [1.29, 1.82) is 0 Å². The summed E-state index contributed by atoms with van der Waals surface area (Å²) in [4.78, 5) is 14.2. The van der Waals surface area contributed by atoms with Crippen molar-refractivity contribution in [3.8, 4) is 17.1 Å². The minimum atomic E-state index is -0.474. The van der Waals surface area contributed by atoms with E-state index < -0.39 is 6.29 Å². The largest absolute Gasteiger partial charge is 0.495 e. The normalized spacial score (nSPS) is 24.1. The standard InChI is InChI=1S/C20H22N8O/c1-29-15-4-2-3-13-16(15)25-20(21)28-19(13)26-18(27-28)11-5-10(6-11)17-23-8-12-7-22-9-14(12)24-17/h2-4,8,10-11,20,22,25H,5-7,9,21H2,1H3. The number of hydrogen-bond acceptors (Lipinski definition) is 8. The number of anilines is 1. The zero-order valence-electron chi connectivity index (χ0n) is 16.1. The molecule has 9 heteroatoms. The van der Waals surface area contributed by atoms with Crippen molar-refractivity contribution in [3.63, 3.8) is 0 Å². The van der Waals surface area contributed by atoms with E-state index in [1.807, 2.05) is 24.4 Å². The molecular weight excluding hydrogens is 368 g/mol. The van der Waals surface area contributed by atoms with Crippen LogP contribution in [0.4, 0.5) is 5.69 Å². The van der Waals surface area contributed by atoms with Crippen LogP contribution in [0.15, 0.2) is 24.4 Å². The van der Waals surface area contributed by atoms with E-state index in [1.54, 1.807) is 11.8 Å². The molecule has 4 N–H and O–H groups in total. The molecule has 1 aromatic carbocycles. The third-order valence-electron chi connectivity index (χ3n) is 6.14. The van der Waals surface area contributed by atoms with Crippen LogP contribution in [0.5, 0.6) is 5.75 Å². The smallest absolute Gasteiger partial charge is 0.175 e. The summed E-state index contributed by atoms with van der Waals surface area (Å²) in [6, 6.07) is 5.87. The van der Waals surface area contributed by atoms with Gasteiger partial charge in [-0.1, -0.05) is 6.07 Å². The molecule has 148 valence electrons. The molecule has 29 heavy (non-hydrogen) atoms. The highest BCUT2D eigenvalue weighted by Gasteiger charge is 2.38. The van der Waals surface area contributed by atoms with Gasteiger partial charge in [0.05, 0.1) is 18.5 Å². The van der Waals surface area contributed by atoms with Gasteiger partial charge in [-0.2, -0.15) is 5.10 Å². The molecule has 2 aliphatic heterocycles. The van der Waals surface area contributed by atoms with Crippen LogP contribution >= 0.6 is 0 Å². The Balaban J connectivity index is 1.26. The minimum absolute atomic E-state index is 0.300. The lowest BCUT2D eigenvalue weighted by Gasteiger charge is -2.32. The van der Waals surface area contributed by atoms with Gasteiger partial charge in [0.1, 0.15) is 11.6 Å². The Hall–Kier alpha value is -3.04. The Morgan fingerprint density at radius 2 is 2.00 bits per heavy atom. The number of hydrogen-bond donors (Lipinski definition) is 3. The third kappa shape index (κ3) is 2.54. The van der Waals surface area contributed by atoms with Crippen LogP contribution in [0.2, 0.25) is 0 Å². The summed E-state index contributed by atoms with van der Waals surface area (Å²) in [5, 5.41) is 11.3. The lowest BCUT2D eigenvalue weighted by molar-refractivity contribution is 0.322. The summed E-state index contributed by atoms with van der Waals surface area (Å²) in [5.41, 5.74) is 10.5. The molecule has 9 nitrogen and oxygen atoms in total. The van der Waals surface area contributed by atoms with E-state index in [0.29, 0.717) is 11.8 Å². The van der Waals surface area contributed by atoms with Crippen molar-refractivity contribution in [1.82, 2.24) is 30.0 Å². The van der Waals surface area contributed by atoms with E-state index in [0.717, 1.165) is 66.1 Å². The van der Waals surface area contributed by atoms with Gasteiger partial charge < -0.3 is 15.4 Å². The molecule has 1 aliphatic carbocycles. The molecule has 0 amide bonds. The van der Waals surface area contributed by atoms with Gasteiger partial charge in [0.15, 0.2) is 17.9 Å². The molecule has 1 unspecified atom stereocenters. The number of fused-ring (bicyclic) bond motifs is 4. The van der Waals surface area contributed by atoms with Crippen LogP contribution in [0, 0.1) is 0 Å². The number of nitrogens with zero attached hydrogens (tertiary/aromatic N) is 5. The number of ether oxygens (including phenoxy) is 1. The van der Waals surface area contributed by atoms with Crippen molar-refractivity contribution in [3.05, 3.63) is 47.3 Å². The summed E-state index contributed by atoms with van der Waals surface area (Å²) in [6.07, 6.45) is 3.42. The van der Waals surface area contributed by atoms with Crippen molar-refractivity contribution < 1.29 is 4.74 Å². The van der Waals surface area contributed by atoms with E-state index in [1.165, 1.54) is 5.56 Å². The maximum atomic E-state index is 6.30. The Morgan fingerprint density at radius 3 is 2.86 bits per heavy atom. The first-order valence-corrected chi connectivity index (χ1v) is 9.92. The molecule has 2 aromatic heterocycles. The van der Waals surface area contributed by atoms with Crippen LogP contribution in [0.25, 0.3) is 11.4 Å². The van der Waals surface area contributed by atoms with Crippen LogP contribution in [-0.4, -0.2) is 31.8 Å². The molecule has 3 aromatic rings. The highest BCUT2D eigenvalue weighted by atomic mass is 16.5. The number of benzene rings is 1. The molecule has 0 radical (unpaired) electrons. The molecule has 1 saturated carbocycles. The summed E-state index contributed by atoms with van der Waals surface area (Å²) < 4.78 is 7.23. The molecule has 3 aliphatic rings. The summed E-state index contributed by atoms with van der Waals surface area (Å²) in [6.45, 7) is 1.71. The quantitative estimate of drug-likeness (QED) is 0.620. The van der Waals surface area contributed by atoms with E-state index in [9.17, 15) is 0 Å². The number of nitrogens with one attached hydrogen (secondary N) is 2. The van der Waals surface area contributed by atoms with Gasteiger partial charge in [-0.25, -0.2) is 19.6 Å². The Labute approximate surface area is 167 Å². The van der Waals surface area contributed by atoms with Gasteiger partial charge in [-0.15, -0.1) is 0 Å². The molecule has 0 bridgehead atoms. The molecular formula is C20H22N8O. The molecule has 0 spiro atoms. The fourth-order valence-electron chi connectivity index (χ4n) is 4.45. The Morgan fingerprint density at radius 1 is 1.14 bits per heavy atom. The summed E-state index contributed by atoms with van der Waals surface area (Å²) in [7, 11) is 1.65. The first-order valence-electron chi connectivity index (χ1n) is 9.92. The number of nitrogens with two attached hydrogens (primary N) is 1. The van der Waals surface area contributed by atoms with Crippen molar-refractivity contribution in [2.45, 2.75) is 44.1 Å². The van der Waals surface area contributed by atoms with Crippen LogP contribution in [-0.2, 0) is 13.1 Å². The number of para-hydroxylation sites is 1. The van der Waals surface area contributed by atoms with Gasteiger partial charge in [0.2, 0.25) is 0 Å². The third-order valence-corrected chi connectivity index (χ3v) is 6.14. The maximum absolute atomic E-state index is 6.30. The molecule has 4 heterocycles. The van der Waals surface area contributed by atoms with E-state index in [-0.39, 0.29) is 0 Å². The number of rotatable bonds is 3. The Kier molecular flexibility index (Phi) is 3.62. The van der Waals surface area contributed by atoms with Gasteiger partial charge in [0, 0.05) is 42.2 Å². The van der Waals surface area contributed by atoms with Crippen molar-refractivity contribution >= 4 is 5.69 Å². The van der Waals surface area contributed by atoms with Gasteiger partial charge in [0.25, 0.3) is 0 Å². The summed E-state index contributed by atoms with van der Waals surface area (Å²) >= 11 is 0. The topological polar surface area (TPSA) is 116 Å². The summed E-state index contributed by atoms with van der Waals surface area (Å²) in [5.74, 6) is 3.98. The molecule has 1 fully saturated rings. The molecule has 6 rings (SSSR count). The second-order valence-electron chi connectivity index (χ2n) is 7.88. The highest BCUT2D eigenvalue weighted by Crippen LogP contribution is 2.47. The first kappa shape index (κ1) is 16.9. The van der Waals surface area contributed by atoms with E-state index in [4.69, 9.17) is 25.5 Å². The zero-order chi connectivity index (χ0) is 19.5. The van der Waals surface area contributed by atoms with Crippen LogP contribution < -0.4 is 21.1 Å². The van der Waals surface area contributed by atoms with E-state index >= 15 is 0 Å². The highest BCUT2D eigenvalue weighted by molar-refractivity contribution is 5.80. The second kappa shape index (κ2) is 6.23. The average molecular weight is 390 g/mol. The van der Waals surface area contributed by atoms with Crippen LogP contribution in [0.1, 0.15) is 53.9 Å².